The Balaban J connectivity index is 1.61. The monoisotopic (exact) mass is 348 g/mol. The van der Waals surface area contributed by atoms with Crippen molar-refractivity contribution in [1.82, 2.24) is 4.90 Å². The fourth-order valence-corrected chi connectivity index (χ4v) is 3.80. The fourth-order valence-electron chi connectivity index (χ4n) is 3.80. The predicted octanol–water partition coefficient (Wildman–Crippen LogP) is 2.38. The second-order valence-corrected chi connectivity index (χ2v) is 6.87. The molecule has 5 nitrogen and oxygen atoms in total. The summed E-state index contributed by atoms with van der Waals surface area (Å²) in [5.41, 5.74) is 1.58. The van der Waals surface area contributed by atoms with Gasteiger partial charge < -0.3 is 14.5 Å². The molecule has 1 unspecified atom stereocenters. The molecule has 2 aliphatic rings. The van der Waals surface area contributed by atoms with Gasteiger partial charge in [-0.15, -0.1) is 0 Å². The quantitative estimate of drug-likeness (QED) is 0.821. The molecule has 0 radical (unpaired) electrons. The molecule has 136 valence electrons. The molecule has 0 bridgehead atoms. The number of likely N-dealkylation sites (tertiary alicyclic amines) is 1. The molecule has 0 N–H and O–H groups in total. The molecule has 0 aliphatic carbocycles. The number of benzene rings is 1. The normalized spacial score (nSPS) is 20.6. The minimum atomic E-state index is -0.290. The first-order valence-corrected chi connectivity index (χ1v) is 8.94. The van der Waals surface area contributed by atoms with E-state index in [4.69, 9.17) is 4.74 Å². The van der Waals surface area contributed by atoms with Gasteiger partial charge in [-0.25, -0.2) is 4.39 Å². The highest BCUT2D eigenvalue weighted by atomic mass is 19.1. The first-order valence-electron chi connectivity index (χ1n) is 8.94. The van der Waals surface area contributed by atoms with Crippen LogP contribution in [0.3, 0.4) is 0 Å². The third-order valence-corrected chi connectivity index (χ3v) is 5.06. The predicted molar refractivity (Wildman–Crippen MR) is 92.9 cm³/mol. The summed E-state index contributed by atoms with van der Waals surface area (Å²) in [4.78, 5) is 28.3. The maximum Gasteiger partial charge on any atom is 0.227 e. The number of halogens is 1. The van der Waals surface area contributed by atoms with Gasteiger partial charge in [0.05, 0.1) is 6.61 Å². The molecule has 0 saturated carbocycles. The number of ether oxygens (including phenoxy) is 1. The Kier molecular flexibility index (Phi) is 5.68. The first-order chi connectivity index (χ1) is 12.1. The zero-order chi connectivity index (χ0) is 17.8. The third kappa shape index (κ3) is 4.18. The Bertz CT molecular complexity index is 648. The van der Waals surface area contributed by atoms with E-state index in [1.165, 1.54) is 12.1 Å². The van der Waals surface area contributed by atoms with Crippen molar-refractivity contribution >= 4 is 17.5 Å². The Morgan fingerprint density at radius 1 is 1.36 bits per heavy atom. The van der Waals surface area contributed by atoms with Crippen LogP contribution in [0.1, 0.15) is 31.2 Å². The van der Waals surface area contributed by atoms with E-state index in [2.05, 4.69) is 0 Å². The molecule has 2 heterocycles. The molecular formula is C19H25FN2O3. The van der Waals surface area contributed by atoms with Crippen molar-refractivity contribution in [1.29, 1.82) is 0 Å². The van der Waals surface area contributed by atoms with Crippen LogP contribution in [0.25, 0.3) is 0 Å². The van der Waals surface area contributed by atoms with E-state index in [1.54, 1.807) is 18.1 Å². The molecule has 0 aromatic heterocycles. The van der Waals surface area contributed by atoms with Gasteiger partial charge in [0, 0.05) is 45.3 Å². The van der Waals surface area contributed by atoms with Crippen LogP contribution in [0.2, 0.25) is 0 Å². The number of aryl methyl sites for hydroxylation is 1. The van der Waals surface area contributed by atoms with E-state index < -0.39 is 0 Å². The molecule has 2 aliphatic heterocycles. The largest absolute Gasteiger partial charge is 0.384 e. The Morgan fingerprint density at radius 3 is 3.00 bits per heavy atom. The van der Waals surface area contributed by atoms with Crippen LogP contribution in [0, 0.1) is 11.7 Å². The molecule has 3 rings (SSSR count). The molecule has 1 fully saturated rings. The number of nitrogens with zero attached hydrogens (tertiary/aromatic N) is 2. The Labute approximate surface area is 147 Å². The average molecular weight is 348 g/mol. The lowest BCUT2D eigenvalue weighted by molar-refractivity contribution is -0.133. The standard InChI is InChI=1S/C19H25FN2O3/c1-25-13-14-3-2-9-21(12-14)18(23)8-10-22-17-6-5-16(20)11-15(17)4-7-19(22)24/h5-6,11,14H,2-4,7-10,12-13H2,1H3. The summed E-state index contributed by atoms with van der Waals surface area (Å²) in [5, 5.41) is 0. The van der Waals surface area contributed by atoms with Gasteiger partial charge in [0.25, 0.3) is 0 Å². The van der Waals surface area contributed by atoms with Crippen molar-refractivity contribution in [3.8, 4) is 0 Å². The van der Waals surface area contributed by atoms with Crippen LogP contribution in [-0.4, -0.2) is 50.1 Å². The van der Waals surface area contributed by atoms with Crippen LogP contribution in [0.5, 0.6) is 0 Å². The summed E-state index contributed by atoms with van der Waals surface area (Å²) >= 11 is 0. The smallest absolute Gasteiger partial charge is 0.227 e. The number of fused-ring (bicyclic) bond motifs is 1. The summed E-state index contributed by atoms with van der Waals surface area (Å²) in [5.74, 6) is 0.176. The second-order valence-electron chi connectivity index (χ2n) is 6.87. The lowest BCUT2D eigenvalue weighted by Gasteiger charge is -2.34. The SMILES string of the molecule is COCC1CCCN(C(=O)CCN2C(=O)CCc3cc(F)ccc32)C1. The van der Waals surface area contributed by atoms with E-state index in [0.29, 0.717) is 38.3 Å². The Hall–Kier alpha value is -1.95. The second kappa shape index (κ2) is 7.95. The van der Waals surface area contributed by atoms with Crippen LogP contribution in [0.15, 0.2) is 18.2 Å². The highest BCUT2D eigenvalue weighted by molar-refractivity contribution is 5.97. The van der Waals surface area contributed by atoms with Gasteiger partial charge >= 0.3 is 0 Å². The molecular weight excluding hydrogens is 323 g/mol. The average Bonchev–Trinajstić information content (AvgIpc) is 2.61. The van der Waals surface area contributed by atoms with Crippen molar-refractivity contribution in [3.63, 3.8) is 0 Å². The van der Waals surface area contributed by atoms with Gasteiger partial charge in [0.15, 0.2) is 0 Å². The number of methoxy groups -OCH3 is 1. The molecule has 25 heavy (non-hydrogen) atoms. The maximum atomic E-state index is 13.4. The topological polar surface area (TPSA) is 49.9 Å². The number of amides is 2. The van der Waals surface area contributed by atoms with E-state index in [1.807, 2.05) is 4.90 Å². The van der Waals surface area contributed by atoms with Crippen molar-refractivity contribution in [3.05, 3.63) is 29.6 Å². The van der Waals surface area contributed by atoms with Crippen LogP contribution < -0.4 is 4.90 Å². The molecule has 1 aromatic rings. The molecule has 1 atom stereocenters. The van der Waals surface area contributed by atoms with E-state index in [-0.39, 0.29) is 17.6 Å². The lowest BCUT2D eigenvalue weighted by atomic mass is 9.98. The van der Waals surface area contributed by atoms with Gasteiger partial charge in [0.2, 0.25) is 11.8 Å². The molecule has 0 spiro atoms. The molecule has 6 heteroatoms. The van der Waals surface area contributed by atoms with Gasteiger partial charge in [-0.3, -0.25) is 9.59 Å². The van der Waals surface area contributed by atoms with Crippen molar-refractivity contribution in [2.75, 3.05) is 38.3 Å². The highest BCUT2D eigenvalue weighted by Crippen LogP contribution is 2.28. The number of hydrogen-bond donors (Lipinski definition) is 0. The highest BCUT2D eigenvalue weighted by Gasteiger charge is 2.27. The fraction of sp³-hybridized carbons (Fsp3) is 0.579. The van der Waals surface area contributed by atoms with Gasteiger partial charge in [-0.2, -0.15) is 0 Å². The number of hydrogen-bond acceptors (Lipinski definition) is 3. The van der Waals surface area contributed by atoms with Gasteiger partial charge in [-0.1, -0.05) is 0 Å². The summed E-state index contributed by atoms with van der Waals surface area (Å²) in [6.45, 7) is 2.52. The molecule has 2 amide bonds. The van der Waals surface area contributed by atoms with E-state index in [0.717, 1.165) is 37.2 Å². The minimum Gasteiger partial charge on any atom is -0.384 e. The summed E-state index contributed by atoms with van der Waals surface area (Å²) < 4.78 is 18.6. The number of piperidine rings is 1. The third-order valence-electron chi connectivity index (χ3n) is 5.06. The number of carbonyl (C=O) groups excluding carboxylic acids is 2. The molecule has 1 aromatic carbocycles. The lowest BCUT2D eigenvalue weighted by Crippen LogP contribution is -2.43. The van der Waals surface area contributed by atoms with Crippen LogP contribution in [-0.2, 0) is 20.7 Å². The molecule has 1 saturated heterocycles. The summed E-state index contributed by atoms with van der Waals surface area (Å²) in [6, 6.07) is 4.49. The van der Waals surface area contributed by atoms with Crippen LogP contribution >= 0.6 is 0 Å². The van der Waals surface area contributed by atoms with Crippen molar-refractivity contribution in [2.45, 2.75) is 32.1 Å². The summed E-state index contributed by atoms with van der Waals surface area (Å²) in [7, 11) is 1.68. The maximum absolute atomic E-state index is 13.4. The first kappa shape index (κ1) is 17.9. The van der Waals surface area contributed by atoms with Gasteiger partial charge in [0.1, 0.15) is 5.82 Å². The number of carbonyl (C=O) groups is 2. The van der Waals surface area contributed by atoms with Crippen LogP contribution in [0.4, 0.5) is 10.1 Å². The van der Waals surface area contributed by atoms with Crippen molar-refractivity contribution < 1.29 is 18.7 Å². The minimum absolute atomic E-state index is 0.00260. The number of rotatable bonds is 5. The zero-order valence-corrected chi connectivity index (χ0v) is 14.7. The van der Waals surface area contributed by atoms with E-state index in [9.17, 15) is 14.0 Å². The number of anilines is 1. The van der Waals surface area contributed by atoms with Crippen molar-refractivity contribution in [2.24, 2.45) is 5.92 Å². The van der Waals surface area contributed by atoms with E-state index >= 15 is 0 Å². The zero-order valence-electron chi connectivity index (χ0n) is 14.7. The summed E-state index contributed by atoms with van der Waals surface area (Å²) in [6.07, 6.45) is 3.29. The Morgan fingerprint density at radius 2 is 2.20 bits per heavy atom. The van der Waals surface area contributed by atoms with Gasteiger partial charge in [-0.05, 0) is 48.9 Å².